The summed E-state index contributed by atoms with van der Waals surface area (Å²) in [4.78, 5) is 19.3. The van der Waals surface area contributed by atoms with E-state index in [4.69, 9.17) is 0 Å². The molecular formula is C13H14N2O. The maximum atomic E-state index is 11.9. The summed E-state index contributed by atoms with van der Waals surface area (Å²) in [6, 6.07) is 3.93. The van der Waals surface area contributed by atoms with Crippen LogP contribution in [0.3, 0.4) is 0 Å². The first-order valence-corrected chi connectivity index (χ1v) is 5.66. The van der Waals surface area contributed by atoms with Crippen molar-refractivity contribution in [1.82, 2.24) is 9.97 Å². The molecule has 1 heterocycles. The highest BCUT2D eigenvalue weighted by Crippen LogP contribution is 2.37. The SMILES string of the molecule is Cc1cc2nc(C3CC3)[nH]c(=O)c2cc1C. The molecule has 0 spiro atoms. The molecule has 1 fully saturated rings. The molecule has 0 bridgehead atoms. The largest absolute Gasteiger partial charge is 0.310 e. The number of aromatic nitrogens is 2. The summed E-state index contributed by atoms with van der Waals surface area (Å²) in [6.07, 6.45) is 2.30. The van der Waals surface area contributed by atoms with Gasteiger partial charge < -0.3 is 4.98 Å². The van der Waals surface area contributed by atoms with Crippen molar-refractivity contribution < 1.29 is 0 Å². The van der Waals surface area contributed by atoms with Crippen molar-refractivity contribution in [2.75, 3.05) is 0 Å². The van der Waals surface area contributed by atoms with Gasteiger partial charge in [0.2, 0.25) is 0 Å². The van der Waals surface area contributed by atoms with E-state index in [-0.39, 0.29) is 5.56 Å². The van der Waals surface area contributed by atoms with Crippen LogP contribution < -0.4 is 5.56 Å². The predicted octanol–water partition coefficient (Wildman–Crippen LogP) is 2.42. The Labute approximate surface area is 93.5 Å². The molecule has 0 amide bonds. The van der Waals surface area contributed by atoms with Gasteiger partial charge in [-0.05, 0) is 49.9 Å². The molecule has 3 rings (SSSR count). The molecule has 1 aliphatic carbocycles. The van der Waals surface area contributed by atoms with E-state index in [9.17, 15) is 4.79 Å². The third kappa shape index (κ3) is 1.43. The van der Waals surface area contributed by atoms with Crippen LogP contribution in [0.2, 0.25) is 0 Å². The first-order chi connectivity index (χ1) is 7.65. The fourth-order valence-corrected chi connectivity index (χ4v) is 1.97. The summed E-state index contributed by atoms with van der Waals surface area (Å²) in [5.74, 6) is 1.35. The van der Waals surface area contributed by atoms with Crippen molar-refractivity contribution in [1.29, 1.82) is 0 Å². The number of rotatable bonds is 1. The zero-order chi connectivity index (χ0) is 11.3. The first kappa shape index (κ1) is 9.58. The van der Waals surface area contributed by atoms with Crippen LogP contribution in [-0.4, -0.2) is 9.97 Å². The number of nitrogens with one attached hydrogen (secondary N) is 1. The molecule has 1 saturated carbocycles. The van der Waals surface area contributed by atoms with E-state index < -0.39 is 0 Å². The van der Waals surface area contributed by atoms with Gasteiger partial charge in [-0.25, -0.2) is 4.98 Å². The zero-order valence-electron chi connectivity index (χ0n) is 9.50. The van der Waals surface area contributed by atoms with Crippen LogP contribution >= 0.6 is 0 Å². The van der Waals surface area contributed by atoms with Gasteiger partial charge in [0, 0.05) is 5.92 Å². The molecule has 1 aromatic heterocycles. The van der Waals surface area contributed by atoms with Crippen LogP contribution in [0.1, 0.15) is 35.7 Å². The van der Waals surface area contributed by atoms with Gasteiger partial charge in [0.15, 0.2) is 0 Å². The van der Waals surface area contributed by atoms with E-state index >= 15 is 0 Å². The van der Waals surface area contributed by atoms with Crippen LogP contribution in [0.5, 0.6) is 0 Å². The second-order valence-electron chi connectivity index (χ2n) is 4.68. The number of aromatic amines is 1. The fraction of sp³-hybridized carbons (Fsp3) is 0.385. The van der Waals surface area contributed by atoms with E-state index in [0.29, 0.717) is 11.3 Å². The standard InChI is InChI=1S/C13H14N2O/c1-7-5-10-11(6-8(7)2)14-12(9-3-4-9)15-13(10)16/h5-6,9H,3-4H2,1-2H3,(H,14,15,16). The summed E-state index contributed by atoms with van der Waals surface area (Å²) in [7, 11) is 0. The molecule has 82 valence electrons. The minimum Gasteiger partial charge on any atom is -0.310 e. The molecule has 2 aromatic rings. The molecule has 3 nitrogen and oxygen atoms in total. The molecule has 1 N–H and O–H groups in total. The molecule has 0 unspecified atom stereocenters. The number of benzene rings is 1. The lowest BCUT2D eigenvalue weighted by Crippen LogP contribution is -2.11. The molecule has 16 heavy (non-hydrogen) atoms. The minimum absolute atomic E-state index is 0.00463. The molecule has 1 aromatic carbocycles. The third-order valence-electron chi connectivity index (χ3n) is 3.30. The molecule has 1 aliphatic rings. The number of nitrogens with zero attached hydrogens (tertiary/aromatic N) is 1. The van der Waals surface area contributed by atoms with Gasteiger partial charge in [0.1, 0.15) is 5.82 Å². The average molecular weight is 214 g/mol. The zero-order valence-corrected chi connectivity index (χ0v) is 9.50. The minimum atomic E-state index is -0.00463. The van der Waals surface area contributed by atoms with Crippen LogP contribution in [0, 0.1) is 13.8 Å². The molecule has 0 radical (unpaired) electrons. The van der Waals surface area contributed by atoms with Gasteiger partial charge in [-0.1, -0.05) is 0 Å². The quantitative estimate of drug-likeness (QED) is 0.792. The predicted molar refractivity (Wildman–Crippen MR) is 63.8 cm³/mol. The van der Waals surface area contributed by atoms with Crippen LogP contribution in [0.25, 0.3) is 10.9 Å². The van der Waals surface area contributed by atoms with Crippen LogP contribution in [-0.2, 0) is 0 Å². The highest BCUT2D eigenvalue weighted by molar-refractivity contribution is 5.79. The normalized spacial score (nSPS) is 15.6. The van der Waals surface area contributed by atoms with Gasteiger partial charge in [0.05, 0.1) is 10.9 Å². The highest BCUT2D eigenvalue weighted by Gasteiger charge is 2.26. The number of H-pyrrole nitrogens is 1. The molecule has 3 heteroatoms. The third-order valence-corrected chi connectivity index (χ3v) is 3.30. The number of fused-ring (bicyclic) bond motifs is 1. The van der Waals surface area contributed by atoms with Gasteiger partial charge in [0.25, 0.3) is 5.56 Å². The van der Waals surface area contributed by atoms with E-state index in [1.165, 1.54) is 5.56 Å². The van der Waals surface area contributed by atoms with Crippen molar-refractivity contribution in [3.8, 4) is 0 Å². The van der Waals surface area contributed by atoms with Gasteiger partial charge >= 0.3 is 0 Å². The van der Waals surface area contributed by atoms with Gasteiger partial charge in [-0.3, -0.25) is 4.79 Å². The van der Waals surface area contributed by atoms with Crippen molar-refractivity contribution >= 4 is 10.9 Å². The lowest BCUT2D eigenvalue weighted by molar-refractivity contribution is 0.931. The van der Waals surface area contributed by atoms with E-state index in [1.54, 1.807) is 0 Å². The molecule has 0 aliphatic heterocycles. The van der Waals surface area contributed by atoms with E-state index in [2.05, 4.69) is 16.9 Å². The second-order valence-corrected chi connectivity index (χ2v) is 4.68. The molecular weight excluding hydrogens is 200 g/mol. The molecule has 0 atom stereocenters. The smallest absolute Gasteiger partial charge is 0.258 e. The highest BCUT2D eigenvalue weighted by atomic mass is 16.1. The Morgan fingerprint density at radius 2 is 1.94 bits per heavy atom. The number of hydrogen-bond acceptors (Lipinski definition) is 2. The number of hydrogen-bond donors (Lipinski definition) is 1. The Kier molecular flexibility index (Phi) is 1.90. The summed E-state index contributed by atoms with van der Waals surface area (Å²) in [5, 5.41) is 0.701. The number of aryl methyl sites for hydroxylation is 2. The van der Waals surface area contributed by atoms with Crippen LogP contribution in [0.4, 0.5) is 0 Å². The molecule has 0 saturated heterocycles. The fourth-order valence-electron chi connectivity index (χ4n) is 1.97. The lowest BCUT2D eigenvalue weighted by atomic mass is 10.1. The second kappa shape index (κ2) is 3.17. The Bertz CT molecular complexity index is 624. The average Bonchev–Trinajstić information content (AvgIpc) is 3.04. The van der Waals surface area contributed by atoms with Gasteiger partial charge in [-0.2, -0.15) is 0 Å². The van der Waals surface area contributed by atoms with Crippen molar-refractivity contribution in [2.24, 2.45) is 0 Å². The van der Waals surface area contributed by atoms with Crippen molar-refractivity contribution in [3.05, 3.63) is 39.4 Å². The summed E-state index contributed by atoms with van der Waals surface area (Å²) in [6.45, 7) is 4.07. The Hall–Kier alpha value is -1.64. The van der Waals surface area contributed by atoms with Crippen LogP contribution in [0.15, 0.2) is 16.9 Å². The van der Waals surface area contributed by atoms with E-state index in [0.717, 1.165) is 29.7 Å². The van der Waals surface area contributed by atoms with E-state index in [1.807, 2.05) is 19.1 Å². The van der Waals surface area contributed by atoms with Gasteiger partial charge in [-0.15, -0.1) is 0 Å². The first-order valence-electron chi connectivity index (χ1n) is 5.66. The summed E-state index contributed by atoms with van der Waals surface area (Å²) >= 11 is 0. The monoisotopic (exact) mass is 214 g/mol. The Morgan fingerprint density at radius 1 is 1.25 bits per heavy atom. The van der Waals surface area contributed by atoms with Crippen molar-refractivity contribution in [2.45, 2.75) is 32.6 Å². The Morgan fingerprint density at radius 3 is 2.62 bits per heavy atom. The maximum Gasteiger partial charge on any atom is 0.258 e. The Balaban J connectivity index is 2.33. The lowest BCUT2D eigenvalue weighted by Gasteiger charge is -2.04. The van der Waals surface area contributed by atoms with Crippen molar-refractivity contribution in [3.63, 3.8) is 0 Å². The topological polar surface area (TPSA) is 45.8 Å². The maximum absolute atomic E-state index is 11.9. The summed E-state index contributed by atoms with van der Waals surface area (Å²) < 4.78 is 0. The summed E-state index contributed by atoms with van der Waals surface area (Å²) in [5.41, 5.74) is 3.15.